The molecule has 5 rings (SSSR count). The minimum Gasteiger partial charge on any atom is -0.372 e. The van der Waals surface area contributed by atoms with Gasteiger partial charge in [-0.05, 0) is 37.3 Å². The highest BCUT2D eigenvalue weighted by atomic mass is 16.5. The summed E-state index contributed by atoms with van der Waals surface area (Å²) in [5.41, 5.74) is 3.01. The molecule has 9 nitrogen and oxygen atoms in total. The average Bonchev–Trinajstić information content (AvgIpc) is 3.37. The monoisotopic (exact) mass is 402 g/mol. The van der Waals surface area contributed by atoms with Crippen molar-refractivity contribution in [3.8, 4) is 22.8 Å². The summed E-state index contributed by atoms with van der Waals surface area (Å²) in [6.45, 7) is 2.17. The third kappa shape index (κ3) is 3.12. The van der Waals surface area contributed by atoms with E-state index in [0.717, 1.165) is 41.2 Å². The van der Waals surface area contributed by atoms with Crippen LogP contribution in [0.3, 0.4) is 0 Å². The molecule has 0 unspecified atom stereocenters. The van der Waals surface area contributed by atoms with Crippen molar-refractivity contribution < 1.29 is 4.52 Å². The largest absolute Gasteiger partial charge is 0.372 e. The Morgan fingerprint density at radius 2 is 1.90 bits per heavy atom. The lowest BCUT2D eigenvalue weighted by atomic mass is 9.77. The van der Waals surface area contributed by atoms with Crippen LogP contribution in [0.1, 0.15) is 31.2 Å². The molecule has 1 fully saturated rings. The Morgan fingerprint density at radius 1 is 1.07 bits per heavy atom. The van der Waals surface area contributed by atoms with Crippen LogP contribution in [0.4, 0.5) is 5.82 Å². The summed E-state index contributed by atoms with van der Waals surface area (Å²) in [5, 5.41) is 11.5. The van der Waals surface area contributed by atoms with E-state index in [1.165, 1.54) is 0 Å². The minimum absolute atomic E-state index is 0.364. The third-order valence-electron chi connectivity index (χ3n) is 5.77. The van der Waals surface area contributed by atoms with E-state index in [1.807, 2.05) is 32.6 Å². The molecule has 4 aromatic heterocycles. The summed E-state index contributed by atoms with van der Waals surface area (Å²) >= 11 is 0. The van der Waals surface area contributed by atoms with Crippen LogP contribution in [0.5, 0.6) is 0 Å². The fourth-order valence-electron chi connectivity index (χ4n) is 3.73. The molecule has 0 radical (unpaired) electrons. The average molecular weight is 402 g/mol. The van der Waals surface area contributed by atoms with E-state index < -0.39 is 0 Å². The first-order valence-corrected chi connectivity index (χ1v) is 9.88. The highest BCUT2D eigenvalue weighted by Gasteiger charge is 2.47. The molecule has 0 bridgehead atoms. The van der Waals surface area contributed by atoms with Gasteiger partial charge in [0.15, 0.2) is 5.82 Å². The first-order valence-electron chi connectivity index (χ1n) is 9.88. The Morgan fingerprint density at radius 3 is 2.50 bits per heavy atom. The van der Waals surface area contributed by atoms with Gasteiger partial charge in [0.25, 0.3) is 5.89 Å². The topological polar surface area (TPSA) is 107 Å². The zero-order valence-electron chi connectivity index (χ0n) is 17.1. The van der Waals surface area contributed by atoms with Crippen LogP contribution in [0.2, 0.25) is 0 Å². The molecular formula is C21H22N8O. The maximum atomic E-state index is 5.57. The van der Waals surface area contributed by atoms with E-state index in [-0.39, 0.29) is 5.41 Å². The molecule has 1 N–H and O–H groups in total. The molecule has 30 heavy (non-hydrogen) atoms. The Hall–Kier alpha value is -3.62. The molecule has 0 aromatic carbocycles. The van der Waals surface area contributed by atoms with E-state index in [0.29, 0.717) is 17.6 Å². The molecule has 152 valence electrons. The summed E-state index contributed by atoms with van der Waals surface area (Å²) in [6, 6.07) is 4.05. The normalized spacial score (nSPS) is 15.7. The van der Waals surface area contributed by atoms with Gasteiger partial charge in [-0.15, -0.1) is 0 Å². The highest BCUT2D eigenvalue weighted by Crippen LogP contribution is 2.50. The molecule has 4 heterocycles. The lowest BCUT2D eigenvalue weighted by Gasteiger charge is -2.26. The van der Waals surface area contributed by atoms with Crippen molar-refractivity contribution in [2.75, 3.05) is 12.4 Å². The number of pyridine rings is 1. The molecule has 0 saturated heterocycles. The molecule has 1 atom stereocenters. The Bertz CT molecular complexity index is 1160. The number of anilines is 1. The number of nitrogens with zero attached hydrogens (tertiary/aromatic N) is 7. The van der Waals surface area contributed by atoms with Crippen LogP contribution in [0.15, 0.2) is 47.6 Å². The number of aromatic nitrogens is 7. The number of hydrogen-bond acceptors (Lipinski definition) is 8. The van der Waals surface area contributed by atoms with E-state index >= 15 is 0 Å². The second-order valence-electron chi connectivity index (χ2n) is 7.77. The van der Waals surface area contributed by atoms with E-state index in [9.17, 15) is 0 Å². The molecule has 0 aliphatic heterocycles. The van der Waals surface area contributed by atoms with Gasteiger partial charge >= 0.3 is 0 Å². The fraction of sp³-hybridized carbons (Fsp3) is 0.333. The molecule has 9 heteroatoms. The van der Waals surface area contributed by atoms with E-state index in [2.05, 4.69) is 43.5 Å². The Kier molecular flexibility index (Phi) is 4.30. The maximum Gasteiger partial charge on any atom is 0.261 e. The van der Waals surface area contributed by atoms with Crippen molar-refractivity contribution in [2.45, 2.75) is 25.2 Å². The Labute approximate surface area is 173 Å². The van der Waals surface area contributed by atoms with Crippen molar-refractivity contribution in [2.24, 2.45) is 13.0 Å². The van der Waals surface area contributed by atoms with E-state index in [4.69, 9.17) is 9.51 Å². The first-order chi connectivity index (χ1) is 14.6. The summed E-state index contributed by atoms with van der Waals surface area (Å²) in [6.07, 6.45) is 11.1. The molecule has 1 aliphatic carbocycles. The molecular weight excluding hydrogens is 380 g/mol. The smallest absolute Gasteiger partial charge is 0.261 e. The summed E-state index contributed by atoms with van der Waals surface area (Å²) < 4.78 is 7.28. The first kappa shape index (κ1) is 18.4. The van der Waals surface area contributed by atoms with Gasteiger partial charge in [0.2, 0.25) is 0 Å². The quantitative estimate of drug-likeness (QED) is 0.524. The van der Waals surface area contributed by atoms with E-state index in [1.54, 1.807) is 23.3 Å². The highest BCUT2D eigenvalue weighted by molar-refractivity contribution is 5.55. The second-order valence-corrected chi connectivity index (χ2v) is 7.77. The molecule has 1 saturated carbocycles. The third-order valence-corrected chi connectivity index (χ3v) is 5.77. The molecule has 4 aromatic rings. The van der Waals surface area contributed by atoms with Gasteiger partial charge < -0.3 is 9.84 Å². The zero-order chi connectivity index (χ0) is 20.7. The van der Waals surface area contributed by atoms with Crippen LogP contribution in [0, 0.1) is 5.92 Å². The lowest BCUT2D eigenvalue weighted by Crippen LogP contribution is -2.28. The van der Waals surface area contributed by atoms with Crippen molar-refractivity contribution in [1.29, 1.82) is 0 Å². The van der Waals surface area contributed by atoms with Crippen molar-refractivity contribution in [3.05, 3.63) is 54.5 Å². The SMILES string of the molecule is CNc1cnc(-c2ccc([C@@](C)(c3noc(-c4cnn(C)c4)n3)C3CC3)cn2)cn1. The van der Waals surface area contributed by atoms with Crippen LogP contribution in [-0.2, 0) is 12.5 Å². The summed E-state index contributed by atoms with van der Waals surface area (Å²) in [7, 11) is 3.67. The summed E-state index contributed by atoms with van der Waals surface area (Å²) in [4.78, 5) is 18.1. The van der Waals surface area contributed by atoms with Gasteiger partial charge in [-0.2, -0.15) is 10.1 Å². The maximum absolute atomic E-state index is 5.57. The number of hydrogen-bond donors (Lipinski definition) is 1. The molecule has 1 aliphatic rings. The summed E-state index contributed by atoms with van der Waals surface area (Å²) in [5.74, 6) is 2.34. The lowest BCUT2D eigenvalue weighted by molar-refractivity contribution is 0.386. The standard InChI is InChI=1S/C21H22N8O/c1-21(14-4-5-14,20-27-19(30-28-20)13-8-26-29(3)12-13)15-6-7-16(23-9-15)17-10-25-18(22-2)11-24-17/h6-12,14H,4-5H2,1-3H3,(H,22,25)/t21-/m0/s1. The van der Waals surface area contributed by atoms with Crippen molar-refractivity contribution >= 4 is 5.82 Å². The van der Waals surface area contributed by atoms with Gasteiger partial charge in [0.1, 0.15) is 11.5 Å². The Balaban J connectivity index is 1.47. The predicted molar refractivity (Wildman–Crippen MR) is 110 cm³/mol. The molecule has 0 spiro atoms. The van der Waals surface area contributed by atoms with Crippen LogP contribution >= 0.6 is 0 Å². The second kappa shape index (κ2) is 7.01. The van der Waals surface area contributed by atoms with Gasteiger partial charge in [0.05, 0.1) is 35.3 Å². The fourth-order valence-corrected chi connectivity index (χ4v) is 3.73. The predicted octanol–water partition coefficient (Wildman–Crippen LogP) is 3.08. The van der Waals surface area contributed by atoms with Gasteiger partial charge in [0, 0.05) is 26.5 Å². The minimum atomic E-state index is -0.364. The number of aryl methyl sites for hydroxylation is 1. The van der Waals surface area contributed by atoms with Crippen LogP contribution in [0.25, 0.3) is 22.8 Å². The van der Waals surface area contributed by atoms with Gasteiger partial charge in [-0.3, -0.25) is 9.67 Å². The molecule has 0 amide bonds. The number of nitrogens with one attached hydrogen (secondary N) is 1. The van der Waals surface area contributed by atoms with Gasteiger partial charge in [-0.1, -0.05) is 11.2 Å². The van der Waals surface area contributed by atoms with Crippen LogP contribution in [-0.4, -0.2) is 41.9 Å². The van der Waals surface area contributed by atoms with Crippen molar-refractivity contribution in [1.82, 2.24) is 34.9 Å². The van der Waals surface area contributed by atoms with Crippen molar-refractivity contribution in [3.63, 3.8) is 0 Å². The number of rotatable bonds is 6. The van der Waals surface area contributed by atoms with Crippen LogP contribution < -0.4 is 5.32 Å². The van der Waals surface area contributed by atoms with Gasteiger partial charge in [-0.25, -0.2) is 9.97 Å². The zero-order valence-corrected chi connectivity index (χ0v) is 17.1.